The normalized spacial score (nSPS) is 18.8. The van der Waals surface area contributed by atoms with E-state index in [-0.39, 0.29) is 5.56 Å². The Bertz CT molecular complexity index is 333. The van der Waals surface area contributed by atoms with Gasteiger partial charge in [-0.2, -0.15) is 4.40 Å². The summed E-state index contributed by atoms with van der Waals surface area (Å²) < 4.78 is 16.0. The molecule has 2 rings (SSSR count). The van der Waals surface area contributed by atoms with Gasteiger partial charge in [-0.3, -0.25) is 9.17 Å². The summed E-state index contributed by atoms with van der Waals surface area (Å²) in [5, 5.41) is 3.24. The fraction of sp³-hybridized carbons (Fsp3) is 0. The summed E-state index contributed by atoms with van der Waals surface area (Å²) in [5.41, 5.74) is -0.0139. The van der Waals surface area contributed by atoms with Gasteiger partial charge in [-0.25, -0.2) is 4.21 Å². The second-order valence-electron chi connectivity index (χ2n) is 1.75. The molecule has 0 saturated carbocycles. The van der Waals surface area contributed by atoms with Crippen LogP contribution in [0.2, 0.25) is 0 Å². The number of nitrogens with one attached hydrogen (secondary N) is 1. The lowest BCUT2D eigenvalue weighted by atomic mass is 10.7. The second kappa shape index (κ2) is 4.78. The third kappa shape index (κ3) is 3.40. The van der Waals surface area contributed by atoms with E-state index in [9.17, 15) is 9.00 Å². The molecule has 0 aromatic carbocycles. The molecule has 0 aliphatic carbocycles. The minimum absolute atomic E-state index is 0.0139. The first-order valence-corrected chi connectivity index (χ1v) is 5.08. The molecule has 0 saturated heterocycles. The van der Waals surface area contributed by atoms with Crippen molar-refractivity contribution in [1.82, 2.24) is 4.37 Å². The van der Waals surface area contributed by atoms with Crippen molar-refractivity contribution >= 4 is 28.7 Å². The smallest absolute Gasteiger partial charge is 0.257 e. The van der Waals surface area contributed by atoms with Gasteiger partial charge in [-0.05, 0) is 6.08 Å². The Kier molecular flexibility index (Phi) is 3.62. The zero-order valence-corrected chi connectivity index (χ0v) is 7.60. The van der Waals surface area contributed by atoms with E-state index in [2.05, 4.69) is 8.77 Å². The van der Waals surface area contributed by atoms with Crippen LogP contribution in [-0.4, -0.2) is 14.8 Å². The van der Waals surface area contributed by atoms with Crippen LogP contribution in [0.5, 0.6) is 0 Å². The van der Waals surface area contributed by atoms with Crippen LogP contribution in [0.15, 0.2) is 32.1 Å². The molecule has 1 aliphatic heterocycles. The minimum Gasteiger partial charge on any atom is -0.278 e. The number of allylic oxidation sites excluding steroid dienone is 1. The molecule has 4 nitrogen and oxygen atoms in total. The van der Waals surface area contributed by atoms with E-state index in [1.807, 2.05) is 0 Å². The van der Waals surface area contributed by atoms with E-state index in [0.29, 0.717) is 0 Å². The van der Waals surface area contributed by atoms with Crippen LogP contribution in [0.3, 0.4) is 0 Å². The molecular formula is C6H6N2O2S2. The molecule has 0 fully saturated rings. The summed E-state index contributed by atoms with van der Waals surface area (Å²) in [7, 11) is -1.03. The van der Waals surface area contributed by atoms with E-state index < -0.39 is 11.0 Å². The fourth-order valence-electron chi connectivity index (χ4n) is 0.455. The molecule has 12 heavy (non-hydrogen) atoms. The first kappa shape index (κ1) is 9.08. The summed E-state index contributed by atoms with van der Waals surface area (Å²) in [4.78, 5) is 10.0. The van der Waals surface area contributed by atoms with Crippen molar-refractivity contribution in [2.24, 2.45) is 4.40 Å². The second-order valence-corrected chi connectivity index (χ2v) is 3.49. The van der Waals surface area contributed by atoms with E-state index >= 15 is 0 Å². The standard InChI is InChI=1S/2C3H3NOS/c5-3-1-2-6-4-3;5-6-3-1-2-4-6/h1-2H,(H,4,5);1-3H. The Morgan fingerprint density at radius 2 is 2.42 bits per heavy atom. The Labute approximate surface area is 75.4 Å². The van der Waals surface area contributed by atoms with Crippen molar-refractivity contribution in [2.75, 3.05) is 0 Å². The average Bonchev–Trinajstić information content (AvgIpc) is 2.63. The lowest BCUT2D eigenvalue weighted by molar-refractivity contribution is 0.690. The third-order valence-electron chi connectivity index (χ3n) is 0.893. The van der Waals surface area contributed by atoms with E-state index in [1.165, 1.54) is 29.2 Å². The van der Waals surface area contributed by atoms with E-state index in [4.69, 9.17) is 0 Å². The molecule has 1 aliphatic rings. The highest BCUT2D eigenvalue weighted by atomic mass is 32.2. The van der Waals surface area contributed by atoms with Crippen LogP contribution in [0.25, 0.3) is 0 Å². The summed E-state index contributed by atoms with van der Waals surface area (Å²) in [5.74, 6) is 0. The number of aromatic nitrogens is 1. The zero-order valence-electron chi connectivity index (χ0n) is 5.97. The predicted molar refractivity (Wildman–Crippen MR) is 50.7 cm³/mol. The quantitative estimate of drug-likeness (QED) is 0.672. The fourth-order valence-corrected chi connectivity index (χ4v) is 1.36. The maximum absolute atomic E-state index is 10.1. The highest BCUT2D eigenvalue weighted by Gasteiger charge is 1.87. The SMILES string of the molecule is O=S1C=CC=N1.O=c1ccs[nH]1. The van der Waals surface area contributed by atoms with Crippen molar-refractivity contribution in [2.45, 2.75) is 0 Å². The lowest BCUT2D eigenvalue weighted by Gasteiger charge is -1.65. The van der Waals surface area contributed by atoms with E-state index in [1.54, 1.807) is 11.5 Å². The van der Waals surface area contributed by atoms with Crippen LogP contribution in [0.1, 0.15) is 0 Å². The maximum Gasteiger partial charge on any atom is 0.257 e. The predicted octanol–water partition coefficient (Wildman–Crippen LogP) is 0.685. The van der Waals surface area contributed by atoms with Crippen molar-refractivity contribution < 1.29 is 4.21 Å². The first-order chi connectivity index (χ1) is 5.79. The number of rotatable bonds is 0. The molecule has 1 N–H and O–H groups in total. The van der Waals surface area contributed by atoms with Gasteiger partial charge in [0.15, 0.2) is 11.0 Å². The van der Waals surface area contributed by atoms with Crippen LogP contribution >= 0.6 is 11.5 Å². The molecule has 6 heteroatoms. The number of hydrogen-bond acceptors (Lipinski definition) is 3. The number of aromatic amines is 1. The first-order valence-electron chi connectivity index (χ1n) is 3.03. The summed E-state index contributed by atoms with van der Waals surface area (Å²) in [6.07, 6.45) is 3.19. The highest BCUT2D eigenvalue weighted by molar-refractivity contribution is 7.87. The molecule has 0 bridgehead atoms. The summed E-state index contributed by atoms with van der Waals surface area (Å²) in [6, 6.07) is 1.49. The Balaban J connectivity index is 0.000000120. The van der Waals surface area contributed by atoms with Crippen molar-refractivity contribution in [1.29, 1.82) is 0 Å². The number of nitrogens with zero attached hydrogens (tertiary/aromatic N) is 1. The van der Waals surface area contributed by atoms with Gasteiger partial charge >= 0.3 is 0 Å². The third-order valence-corrected chi connectivity index (χ3v) is 2.20. The van der Waals surface area contributed by atoms with Gasteiger partial charge in [-0.15, -0.1) is 0 Å². The van der Waals surface area contributed by atoms with Gasteiger partial charge in [0.2, 0.25) is 0 Å². The molecule has 1 aromatic heterocycles. The van der Waals surface area contributed by atoms with Crippen LogP contribution < -0.4 is 5.56 Å². The molecule has 2 heterocycles. The maximum atomic E-state index is 10.1. The van der Waals surface area contributed by atoms with Crippen LogP contribution in [0.4, 0.5) is 0 Å². The molecule has 1 atom stereocenters. The average molecular weight is 202 g/mol. The molecule has 0 radical (unpaired) electrons. The molecule has 0 spiro atoms. The topological polar surface area (TPSA) is 62.3 Å². The molecule has 0 amide bonds. The summed E-state index contributed by atoms with van der Waals surface area (Å²) in [6.45, 7) is 0. The van der Waals surface area contributed by atoms with Crippen LogP contribution in [-0.2, 0) is 11.0 Å². The Hall–Kier alpha value is -1.01. The molecule has 1 unspecified atom stereocenters. The molecular weight excluding hydrogens is 196 g/mol. The van der Waals surface area contributed by atoms with Gasteiger partial charge in [0, 0.05) is 23.1 Å². The minimum atomic E-state index is -1.03. The van der Waals surface area contributed by atoms with Crippen LogP contribution in [0, 0.1) is 0 Å². The molecule has 64 valence electrons. The van der Waals surface area contributed by atoms with Gasteiger partial charge < -0.3 is 0 Å². The van der Waals surface area contributed by atoms with Crippen molar-refractivity contribution in [3.05, 3.63) is 33.3 Å². The van der Waals surface area contributed by atoms with Gasteiger partial charge in [0.05, 0.1) is 0 Å². The van der Waals surface area contributed by atoms with Crippen molar-refractivity contribution in [3.63, 3.8) is 0 Å². The zero-order chi connectivity index (χ0) is 8.81. The van der Waals surface area contributed by atoms with E-state index in [0.717, 1.165) is 0 Å². The van der Waals surface area contributed by atoms with Gasteiger partial charge in [-0.1, -0.05) is 11.5 Å². The van der Waals surface area contributed by atoms with Gasteiger partial charge in [0.1, 0.15) is 0 Å². The lowest BCUT2D eigenvalue weighted by Crippen LogP contribution is -1.90. The number of H-pyrrole nitrogens is 1. The summed E-state index contributed by atoms with van der Waals surface area (Å²) >= 11 is 1.30. The molecule has 1 aromatic rings. The monoisotopic (exact) mass is 202 g/mol. The van der Waals surface area contributed by atoms with Gasteiger partial charge in [0.25, 0.3) is 5.56 Å². The largest absolute Gasteiger partial charge is 0.278 e. The number of hydrogen-bond donors (Lipinski definition) is 1. The Morgan fingerprint density at radius 1 is 1.58 bits per heavy atom. The Morgan fingerprint density at radius 3 is 2.58 bits per heavy atom. The van der Waals surface area contributed by atoms with Crippen molar-refractivity contribution in [3.8, 4) is 0 Å². The highest BCUT2D eigenvalue weighted by Crippen LogP contribution is 1.90.